The maximum atomic E-state index is 10.1. The van der Waals surface area contributed by atoms with Gasteiger partial charge in [0.1, 0.15) is 6.61 Å². The molecule has 0 fully saturated rings. The molecule has 0 radical (unpaired) electrons. The van der Waals surface area contributed by atoms with Crippen LogP contribution in [0.15, 0.2) is 0 Å². The van der Waals surface area contributed by atoms with Gasteiger partial charge in [-0.2, -0.15) is 12.6 Å². The highest BCUT2D eigenvalue weighted by molar-refractivity contribution is 7.80. The first-order chi connectivity index (χ1) is 3.81. The highest BCUT2D eigenvalue weighted by Crippen LogP contribution is 1.77. The molecule has 0 aliphatic carbocycles. The number of rotatable bonds is 2. The molecular weight excluding hydrogens is 124 g/mol. The molecule has 0 rings (SSSR count). The predicted molar refractivity (Wildman–Crippen MR) is 33.6 cm³/mol. The Balaban J connectivity index is 3.16. The molecule has 0 bridgehead atoms. The lowest BCUT2D eigenvalue weighted by atomic mass is 10.7. The van der Waals surface area contributed by atoms with Crippen molar-refractivity contribution < 1.29 is 9.53 Å². The van der Waals surface area contributed by atoms with E-state index in [4.69, 9.17) is 0 Å². The summed E-state index contributed by atoms with van der Waals surface area (Å²) < 4.78 is 4.39. The summed E-state index contributed by atoms with van der Waals surface area (Å²) in [4.78, 5) is 10.1. The van der Waals surface area contributed by atoms with E-state index < -0.39 is 5.97 Å². The van der Waals surface area contributed by atoms with E-state index in [0.29, 0.717) is 5.75 Å². The molecule has 3 heteroatoms. The van der Waals surface area contributed by atoms with Crippen LogP contribution < -0.4 is 0 Å². The Morgan fingerprint density at radius 1 is 1.88 bits per heavy atom. The first kappa shape index (κ1) is 7.38. The van der Waals surface area contributed by atoms with Gasteiger partial charge in [0.15, 0.2) is 0 Å². The molecule has 44 valence electrons. The van der Waals surface area contributed by atoms with Gasteiger partial charge in [0, 0.05) is 11.7 Å². The lowest BCUT2D eigenvalue weighted by Gasteiger charge is -1.92. The molecule has 0 spiro atoms. The number of hydrogen-bond acceptors (Lipinski definition) is 3. The molecule has 0 atom stereocenters. The number of thiol groups is 1. The van der Waals surface area contributed by atoms with Gasteiger partial charge in [-0.05, 0) is 0 Å². The van der Waals surface area contributed by atoms with Crippen LogP contribution in [0.2, 0.25) is 0 Å². The third kappa shape index (κ3) is 3.57. The molecule has 0 unspecified atom stereocenters. The normalized spacial score (nSPS) is 7.50. The Morgan fingerprint density at radius 3 is 2.88 bits per heavy atom. The second-order valence-corrected chi connectivity index (χ2v) is 1.45. The Hall–Kier alpha value is -0.620. The van der Waals surface area contributed by atoms with Crippen molar-refractivity contribution in [2.24, 2.45) is 0 Å². The van der Waals surface area contributed by atoms with Crippen LogP contribution >= 0.6 is 12.6 Å². The average Bonchev–Trinajstić information content (AvgIpc) is 1.83. The van der Waals surface area contributed by atoms with Gasteiger partial charge in [-0.3, -0.25) is 0 Å². The fourth-order valence-corrected chi connectivity index (χ4v) is 0.271. The molecule has 0 amide bonds. The van der Waals surface area contributed by atoms with Gasteiger partial charge in [0.2, 0.25) is 0 Å². The highest BCUT2D eigenvalue weighted by atomic mass is 32.1. The summed E-state index contributed by atoms with van der Waals surface area (Å²) in [5.41, 5.74) is 0. The topological polar surface area (TPSA) is 26.3 Å². The van der Waals surface area contributed by atoms with E-state index in [2.05, 4.69) is 23.8 Å². The summed E-state index contributed by atoms with van der Waals surface area (Å²) in [5, 5.41) is 0. The summed E-state index contributed by atoms with van der Waals surface area (Å²) in [6, 6.07) is 0. The zero-order valence-electron chi connectivity index (χ0n) is 4.26. The second kappa shape index (κ2) is 4.54. The van der Waals surface area contributed by atoms with Crippen molar-refractivity contribution in [1.29, 1.82) is 0 Å². The minimum atomic E-state index is -0.626. The summed E-state index contributed by atoms with van der Waals surface area (Å²) in [5.74, 6) is 1.69. The summed E-state index contributed by atoms with van der Waals surface area (Å²) in [6.07, 6.45) is 4.66. The van der Waals surface area contributed by atoms with Gasteiger partial charge in [-0.1, -0.05) is 0 Å². The van der Waals surface area contributed by atoms with Crippen LogP contribution in [0.5, 0.6) is 0 Å². The van der Waals surface area contributed by atoms with E-state index >= 15 is 0 Å². The van der Waals surface area contributed by atoms with Crippen molar-refractivity contribution in [1.82, 2.24) is 0 Å². The number of ether oxygens (including phenoxy) is 1. The molecule has 0 heterocycles. The van der Waals surface area contributed by atoms with E-state index in [1.54, 1.807) is 5.92 Å². The number of terminal acetylenes is 1. The fraction of sp³-hybridized carbons (Fsp3) is 0.400. The molecule has 0 saturated heterocycles. The van der Waals surface area contributed by atoms with Crippen LogP contribution in [0.1, 0.15) is 0 Å². The van der Waals surface area contributed by atoms with Crippen LogP contribution in [-0.4, -0.2) is 18.3 Å². The number of hydrogen-bond donors (Lipinski definition) is 1. The molecule has 0 N–H and O–H groups in total. The minimum Gasteiger partial charge on any atom is -0.455 e. The quantitative estimate of drug-likeness (QED) is 0.248. The molecule has 0 aromatic carbocycles. The zero-order valence-corrected chi connectivity index (χ0v) is 5.15. The van der Waals surface area contributed by atoms with Crippen molar-refractivity contribution in [2.45, 2.75) is 0 Å². The SMILES string of the molecule is C#CC(=O)OCCS. The van der Waals surface area contributed by atoms with E-state index in [9.17, 15) is 4.79 Å². The van der Waals surface area contributed by atoms with Gasteiger partial charge in [0.25, 0.3) is 0 Å². The van der Waals surface area contributed by atoms with Crippen molar-refractivity contribution in [2.75, 3.05) is 12.4 Å². The minimum absolute atomic E-state index is 0.284. The summed E-state index contributed by atoms with van der Waals surface area (Å²) >= 11 is 3.79. The Labute approximate surface area is 53.6 Å². The van der Waals surface area contributed by atoms with Crippen molar-refractivity contribution in [3.8, 4) is 12.3 Å². The highest BCUT2D eigenvalue weighted by Gasteiger charge is 1.90. The first-order valence-corrected chi connectivity index (χ1v) is 2.68. The predicted octanol–water partition coefficient (Wildman–Crippen LogP) is 0.0926. The molecule has 0 aliphatic heterocycles. The lowest BCUT2D eigenvalue weighted by Crippen LogP contribution is -2.02. The molecule has 0 saturated carbocycles. The van der Waals surface area contributed by atoms with Crippen LogP contribution in [0.3, 0.4) is 0 Å². The van der Waals surface area contributed by atoms with E-state index in [1.807, 2.05) is 0 Å². The van der Waals surface area contributed by atoms with Crippen LogP contribution in [-0.2, 0) is 9.53 Å². The fourth-order valence-electron chi connectivity index (χ4n) is 0.180. The van der Waals surface area contributed by atoms with Crippen molar-refractivity contribution in [3.63, 3.8) is 0 Å². The smallest absolute Gasteiger partial charge is 0.384 e. The number of carbonyl (C=O) groups is 1. The van der Waals surface area contributed by atoms with Gasteiger partial charge < -0.3 is 4.74 Å². The Morgan fingerprint density at radius 2 is 2.50 bits per heavy atom. The van der Waals surface area contributed by atoms with Gasteiger partial charge in [0.05, 0.1) is 0 Å². The van der Waals surface area contributed by atoms with Crippen molar-refractivity contribution >= 4 is 18.6 Å². The van der Waals surface area contributed by atoms with Gasteiger partial charge in [-0.25, -0.2) is 4.79 Å². The molecule has 0 aliphatic rings. The van der Waals surface area contributed by atoms with E-state index in [-0.39, 0.29) is 6.61 Å². The standard InChI is InChI=1S/C5H6O2S/c1-2-5(6)7-3-4-8/h1,8H,3-4H2. The first-order valence-electron chi connectivity index (χ1n) is 2.05. The van der Waals surface area contributed by atoms with Gasteiger partial charge >= 0.3 is 5.97 Å². The Bertz CT molecular complexity index is 114. The molecule has 2 nitrogen and oxygen atoms in total. The number of carbonyl (C=O) groups excluding carboxylic acids is 1. The van der Waals surface area contributed by atoms with Crippen molar-refractivity contribution in [3.05, 3.63) is 0 Å². The summed E-state index contributed by atoms with van der Waals surface area (Å²) in [7, 11) is 0. The maximum absolute atomic E-state index is 10.1. The van der Waals surface area contributed by atoms with E-state index in [0.717, 1.165) is 0 Å². The molecular formula is C5H6O2S. The van der Waals surface area contributed by atoms with E-state index in [1.165, 1.54) is 0 Å². The monoisotopic (exact) mass is 130 g/mol. The average molecular weight is 130 g/mol. The Kier molecular flexibility index (Phi) is 4.19. The number of esters is 1. The molecule has 0 aromatic heterocycles. The molecule has 0 aromatic rings. The summed E-state index contributed by atoms with van der Waals surface area (Å²) in [6.45, 7) is 0.284. The zero-order chi connectivity index (χ0) is 6.41. The van der Waals surface area contributed by atoms with Gasteiger partial charge in [-0.15, -0.1) is 6.42 Å². The third-order valence-corrected chi connectivity index (χ3v) is 0.625. The second-order valence-electron chi connectivity index (χ2n) is 1.00. The molecule has 8 heavy (non-hydrogen) atoms. The third-order valence-electron chi connectivity index (χ3n) is 0.442. The van der Waals surface area contributed by atoms with Crippen LogP contribution in [0.4, 0.5) is 0 Å². The lowest BCUT2D eigenvalue weighted by molar-refractivity contribution is -0.136. The maximum Gasteiger partial charge on any atom is 0.384 e. The van der Waals surface area contributed by atoms with Crippen LogP contribution in [0, 0.1) is 12.3 Å². The van der Waals surface area contributed by atoms with Crippen LogP contribution in [0.25, 0.3) is 0 Å². The largest absolute Gasteiger partial charge is 0.455 e.